The van der Waals surface area contributed by atoms with E-state index in [2.05, 4.69) is 134 Å². The number of para-hydroxylation sites is 1. The number of rotatable bonds is 4. The standard InChI is InChI=1S/C47H31N3/c1-47(2)41-19-11-9-17-36(41)38-26-39-37-18-10-12-20-43(37)50(45(39)27-42(38)47)44-22-21-32(28-48)46(40(44)29-49)35-24-33(30-13-5-3-6-14-30)23-34(25-35)31-15-7-4-8-16-31/h3-27H,1-2H3. The summed E-state index contributed by atoms with van der Waals surface area (Å²) in [6, 6.07) is 57.5. The number of aromatic nitrogens is 1. The molecule has 1 aromatic heterocycles. The van der Waals surface area contributed by atoms with Crippen molar-refractivity contribution in [2.45, 2.75) is 19.3 Å². The fourth-order valence-electron chi connectivity index (χ4n) is 8.07. The summed E-state index contributed by atoms with van der Waals surface area (Å²) in [7, 11) is 0. The fourth-order valence-corrected chi connectivity index (χ4v) is 8.07. The minimum Gasteiger partial charge on any atom is -0.308 e. The molecule has 7 aromatic carbocycles. The Labute approximate surface area is 291 Å². The van der Waals surface area contributed by atoms with Gasteiger partial charge in [0.2, 0.25) is 0 Å². The summed E-state index contributed by atoms with van der Waals surface area (Å²) in [6.45, 7) is 4.59. The zero-order chi connectivity index (χ0) is 34.0. The highest BCUT2D eigenvalue weighted by atomic mass is 15.0. The van der Waals surface area contributed by atoms with E-state index in [0.29, 0.717) is 16.7 Å². The molecule has 3 nitrogen and oxygen atoms in total. The van der Waals surface area contributed by atoms with Gasteiger partial charge in [0.1, 0.15) is 6.07 Å². The van der Waals surface area contributed by atoms with Crippen LogP contribution >= 0.6 is 0 Å². The molecule has 1 heterocycles. The Morgan fingerprint density at radius 3 is 1.78 bits per heavy atom. The highest BCUT2D eigenvalue weighted by Gasteiger charge is 2.36. The molecule has 0 spiro atoms. The van der Waals surface area contributed by atoms with Crippen LogP contribution in [0.2, 0.25) is 0 Å². The molecule has 1 aliphatic carbocycles. The SMILES string of the molecule is CC1(C)c2ccccc2-c2cc3c4ccccc4n(-c4ccc(C#N)c(-c5cc(-c6ccccc6)cc(-c6ccccc6)c5)c4C#N)c3cc21. The Hall–Kier alpha value is -6.68. The van der Waals surface area contributed by atoms with Gasteiger partial charge in [-0.3, -0.25) is 0 Å². The Balaban J connectivity index is 1.35. The van der Waals surface area contributed by atoms with Gasteiger partial charge in [0, 0.05) is 21.8 Å². The summed E-state index contributed by atoms with van der Waals surface area (Å²) in [5.41, 5.74) is 14.4. The van der Waals surface area contributed by atoms with Crippen LogP contribution in [-0.2, 0) is 5.41 Å². The molecule has 0 saturated carbocycles. The molecule has 0 unspecified atom stereocenters. The first-order valence-electron chi connectivity index (χ1n) is 16.9. The first kappa shape index (κ1) is 29.5. The van der Waals surface area contributed by atoms with Gasteiger partial charge in [-0.2, -0.15) is 10.5 Å². The quantitative estimate of drug-likeness (QED) is 0.193. The average Bonchev–Trinajstić information content (AvgIpc) is 3.61. The van der Waals surface area contributed by atoms with E-state index < -0.39 is 0 Å². The van der Waals surface area contributed by atoms with Crippen LogP contribution in [0, 0.1) is 22.7 Å². The second-order valence-corrected chi connectivity index (χ2v) is 13.6. The first-order chi connectivity index (χ1) is 24.5. The molecule has 3 heteroatoms. The Bertz CT molecular complexity index is 2680. The Kier molecular flexibility index (Phi) is 6.60. The maximum atomic E-state index is 11.1. The van der Waals surface area contributed by atoms with Crippen LogP contribution in [0.1, 0.15) is 36.1 Å². The molecule has 0 fully saturated rings. The van der Waals surface area contributed by atoms with Gasteiger partial charge in [-0.05, 0) is 98.6 Å². The number of fused-ring (bicyclic) bond motifs is 6. The minimum atomic E-state index is -0.180. The number of hydrogen-bond acceptors (Lipinski definition) is 2. The van der Waals surface area contributed by atoms with Crippen molar-refractivity contribution in [1.82, 2.24) is 4.57 Å². The largest absolute Gasteiger partial charge is 0.308 e. The van der Waals surface area contributed by atoms with E-state index in [-0.39, 0.29) is 5.41 Å². The smallest absolute Gasteiger partial charge is 0.102 e. The third kappa shape index (κ3) is 4.35. The number of nitriles is 2. The second-order valence-electron chi connectivity index (χ2n) is 13.6. The Morgan fingerprint density at radius 1 is 0.480 bits per heavy atom. The number of benzene rings is 7. The normalized spacial score (nSPS) is 12.7. The molecule has 50 heavy (non-hydrogen) atoms. The molecule has 0 aliphatic heterocycles. The summed E-state index contributed by atoms with van der Waals surface area (Å²) >= 11 is 0. The van der Waals surface area contributed by atoms with Crippen LogP contribution in [0.3, 0.4) is 0 Å². The number of hydrogen-bond donors (Lipinski definition) is 0. The average molecular weight is 638 g/mol. The highest BCUT2D eigenvalue weighted by molar-refractivity contribution is 6.12. The van der Waals surface area contributed by atoms with Crippen molar-refractivity contribution >= 4 is 21.8 Å². The van der Waals surface area contributed by atoms with Crippen LogP contribution in [0.4, 0.5) is 0 Å². The van der Waals surface area contributed by atoms with Crippen molar-refractivity contribution in [3.05, 3.63) is 174 Å². The molecule has 0 atom stereocenters. The van der Waals surface area contributed by atoms with Gasteiger partial charge in [-0.15, -0.1) is 0 Å². The zero-order valence-corrected chi connectivity index (χ0v) is 27.8. The second kappa shape index (κ2) is 11.2. The van der Waals surface area contributed by atoms with Gasteiger partial charge < -0.3 is 4.57 Å². The first-order valence-corrected chi connectivity index (χ1v) is 16.9. The molecule has 1 aliphatic rings. The lowest BCUT2D eigenvalue weighted by atomic mass is 9.82. The predicted octanol–water partition coefficient (Wildman–Crippen LogP) is 11.8. The Morgan fingerprint density at radius 2 is 1.10 bits per heavy atom. The van der Waals surface area contributed by atoms with Gasteiger partial charge in [0.05, 0.1) is 33.9 Å². The molecule has 0 radical (unpaired) electrons. The molecule has 9 rings (SSSR count). The van der Waals surface area contributed by atoms with Crippen molar-refractivity contribution < 1.29 is 0 Å². The molecule has 0 bridgehead atoms. The summed E-state index contributed by atoms with van der Waals surface area (Å²) in [4.78, 5) is 0. The number of nitrogens with zero attached hydrogens (tertiary/aromatic N) is 3. The third-order valence-electron chi connectivity index (χ3n) is 10.5. The highest BCUT2D eigenvalue weighted by Crippen LogP contribution is 2.51. The summed E-state index contributed by atoms with van der Waals surface area (Å²) < 4.78 is 2.23. The van der Waals surface area contributed by atoms with E-state index in [9.17, 15) is 10.5 Å². The molecular formula is C47H31N3. The monoisotopic (exact) mass is 637 g/mol. The van der Waals surface area contributed by atoms with Gasteiger partial charge >= 0.3 is 0 Å². The van der Waals surface area contributed by atoms with Crippen LogP contribution < -0.4 is 0 Å². The van der Waals surface area contributed by atoms with Gasteiger partial charge in [-0.25, -0.2) is 0 Å². The van der Waals surface area contributed by atoms with E-state index in [1.165, 1.54) is 22.3 Å². The van der Waals surface area contributed by atoms with Crippen LogP contribution in [0.25, 0.3) is 72.0 Å². The van der Waals surface area contributed by atoms with Crippen molar-refractivity contribution in [3.8, 4) is 62.3 Å². The van der Waals surface area contributed by atoms with Gasteiger partial charge in [0.15, 0.2) is 0 Å². The van der Waals surface area contributed by atoms with E-state index >= 15 is 0 Å². The van der Waals surface area contributed by atoms with Crippen LogP contribution in [0.15, 0.2) is 152 Å². The lowest BCUT2D eigenvalue weighted by molar-refractivity contribution is 0.661. The van der Waals surface area contributed by atoms with Gasteiger partial charge in [0.25, 0.3) is 0 Å². The van der Waals surface area contributed by atoms with Crippen molar-refractivity contribution in [1.29, 1.82) is 10.5 Å². The molecule has 8 aromatic rings. The lowest BCUT2D eigenvalue weighted by Crippen LogP contribution is -2.15. The molecule has 0 N–H and O–H groups in total. The summed E-state index contributed by atoms with van der Waals surface area (Å²) in [6.07, 6.45) is 0. The predicted molar refractivity (Wildman–Crippen MR) is 204 cm³/mol. The summed E-state index contributed by atoms with van der Waals surface area (Å²) in [5, 5.41) is 23.9. The summed E-state index contributed by atoms with van der Waals surface area (Å²) in [5.74, 6) is 0. The third-order valence-corrected chi connectivity index (χ3v) is 10.5. The lowest BCUT2D eigenvalue weighted by Gasteiger charge is -2.22. The van der Waals surface area contributed by atoms with Crippen molar-refractivity contribution in [2.75, 3.05) is 0 Å². The minimum absolute atomic E-state index is 0.180. The van der Waals surface area contributed by atoms with E-state index in [4.69, 9.17) is 0 Å². The zero-order valence-electron chi connectivity index (χ0n) is 27.8. The van der Waals surface area contributed by atoms with Crippen LogP contribution in [0.5, 0.6) is 0 Å². The topological polar surface area (TPSA) is 52.5 Å². The maximum Gasteiger partial charge on any atom is 0.102 e. The molecule has 234 valence electrons. The van der Waals surface area contributed by atoms with Crippen molar-refractivity contribution in [2.24, 2.45) is 0 Å². The van der Waals surface area contributed by atoms with Crippen molar-refractivity contribution in [3.63, 3.8) is 0 Å². The fraction of sp³-hybridized carbons (Fsp3) is 0.0638. The van der Waals surface area contributed by atoms with Crippen LogP contribution in [-0.4, -0.2) is 4.57 Å². The van der Waals surface area contributed by atoms with E-state index in [1.54, 1.807) is 0 Å². The van der Waals surface area contributed by atoms with E-state index in [1.807, 2.05) is 48.5 Å². The molecular weight excluding hydrogens is 607 g/mol. The van der Waals surface area contributed by atoms with Gasteiger partial charge in [-0.1, -0.05) is 117 Å². The van der Waals surface area contributed by atoms with E-state index in [0.717, 1.165) is 55.3 Å². The maximum absolute atomic E-state index is 11.1. The molecule has 0 amide bonds. The molecule has 0 saturated heterocycles.